The summed E-state index contributed by atoms with van der Waals surface area (Å²) in [6.45, 7) is 1.14. The van der Waals surface area contributed by atoms with Crippen LogP contribution in [0.2, 0.25) is 0 Å². The Kier molecular flexibility index (Phi) is 4.67. The molecule has 0 radical (unpaired) electrons. The zero-order chi connectivity index (χ0) is 20.5. The van der Waals surface area contributed by atoms with E-state index in [4.69, 9.17) is 4.74 Å². The normalized spacial score (nSPS) is 14.5. The number of carbonyl (C=O) groups is 2. The first-order valence-corrected chi connectivity index (χ1v) is 10.1. The van der Waals surface area contributed by atoms with Gasteiger partial charge in [-0.2, -0.15) is 0 Å². The smallest absolute Gasteiger partial charge is 0.263 e. The Labute approximate surface area is 174 Å². The molecule has 0 aliphatic carbocycles. The number of rotatable bonds is 4. The van der Waals surface area contributed by atoms with E-state index in [-0.39, 0.29) is 11.8 Å². The number of hydrogen-bond donors (Lipinski definition) is 0. The summed E-state index contributed by atoms with van der Waals surface area (Å²) in [6, 6.07) is 18.9. The maximum atomic E-state index is 13.2. The minimum atomic E-state index is -0.165. The Hall–Kier alpha value is -3.67. The van der Waals surface area contributed by atoms with Gasteiger partial charge in [-0.3, -0.25) is 9.59 Å². The molecule has 2 amide bonds. The molecule has 150 valence electrons. The minimum Gasteiger partial charge on any atom is -0.436 e. The quantitative estimate of drug-likeness (QED) is 0.660. The highest BCUT2D eigenvalue weighted by atomic mass is 16.5. The maximum Gasteiger partial charge on any atom is 0.263 e. The molecule has 1 aromatic heterocycles. The van der Waals surface area contributed by atoms with E-state index in [1.807, 2.05) is 47.4 Å². The van der Waals surface area contributed by atoms with Crippen LogP contribution in [0.3, 0.4) is 0 Å². The van der Waals surface area contributed by atoms with Crippen molar-refractivity contribution in [2.75, 3.05) is 22.9 Å². The van der Waals surface area contributed by atoms with Crippen molar-refractivity contribution in [3.8, 4) is 11.6 Å². The van der Waals surface area contributed by atoms with Crippen LogP contribution in [-0.2, 0) is 11.2 Å². The molecule has 0 unspecified atom stereocenters. The monoisotopic (exact) mass is 399 g/mol. The van der Waals surface area contributed by atoms with E-state index >= 15 is 0 Å². The number of benzene rings is 2. The van der Waals surface area contributed by atoms with Gasteiger partial charge >= 0.3 is 0 Å². The Balaban J connectivity index is 1.33. The zero-order valence-electron chi connectivity index (χ0n) is 16.5. The van der Waals surface area contributed by atoms with E-state index < -0.39 is 0 Å². The fraction of sp³-hybridized carbons (Fsp3) is 0.208. The number of nitrogens with zero attached hydrogens (tertiary/aromatic N) is 3. The molecular formula is C24H21N3O3. The first kappa shape index (κ1) is 18.4. The predicted octanol–water partition coefficient (Wildman–Crippen LogP) is 4.20. The molecule has 0 saturated carbocycles. The molecule has 30 heavy (non-hydrogen) atoms. The molecule has 6 nitrogen and oxygen atoms in total. The molecule has 0 fully saturated rings. The number of aromatic nitrogens is 1. The number of ether oxygens (including phenoxy) is 1. The second kappa shape index (κ2) is 7.63. The summed E-state index contributed by atoms with van der Waals surface area (Å²) in [6.07, 6.45) is 3.44. The van der Waals surface area contributed by atoms with Crippen molar-refractivity contribution in [3.63, 3.8) is 0 Å². The van der Waals surface area contributed by atoms with Gasteiger partial charge in [-0.15, -0.1) is 0 Å². The fourth-order valence-electron chi connectivity index (χ4n) is 4.10. The highest BCUT2D eigenvalue weighted by molar-refractivity contribution is 6.09. The van der Waals surface area contributed by atoms with Crippen molar-refractivity contribution >= 4 is 23.2 Å². The highest BCUT2D eigenvalue weighted by Gasteiger charge is 2.29. The maximum absolute atomic E-state index is 13.2. The lowest BCUT2D eigenvalue weighted by atomic mass is 10.1. The van der Waals surface area contributed by atoms with E-state index in [0.717, 1.165) is 18.7 Å². The predicted molar refractivity (Wildman–Crippen MR) is 114 cm³/mol. The van der Waals surface area contributed by atoms with Crippen molar-refractivity contribution in [3.05, 3.63) is 78.0 Å². The molecular weight excluding hydrogens is 378 g/mol. The Bertz CT molecular complexity index is 1130. The van der Waals surface area contributed by atoms with E-state index in [2.05, 4.69) is 11.1 Å². The van der Waals surface area contributed by atoms with Gasteiger partial charge in [0.15, 0.2) is 5.75 Å². The second-order valence-electron chi connectivity index (χ2n) is 7.41. The lowest BCUT2D eigenvalue weighted by molar-refractivity contribution is -0.118. The van der Waals surface area contributed by atoms with Crippen molar-refractivity contribution in [1.29, 1.82) is 0 Å². The molecule has 2 aliphatic heterocycles. The number of hydrogen-bond acceptors (Lipinski definition) is 4. The third kappa shape index (κ3) is 3.20. The SMILES string of the molecule is O=C(CCCN1C(=O)c2cccnc2Oc2ccccc21)N1CCc2ccccc21. The summed E-state index contributed by atoms with van der Waals surface area (Å²) < 4.78 is 5.90. The van der Waals surface area contributed by atoms with Crippen LogP contribution in [0.1, 0.15) is 28.8 Å². The van der Waals surface area contributed by atoms with Gasteiger partial charge in [-0.05, 0) is 48.7 Å². The largest absolute Gasteiger partial charge is 0.436 e. The number of anilines is 2. The summed E-state index contributed by atoms with van der Waals surface area (Å²) in [5.74, 6) is 0.820. The van der Waals surface area contributed by atoms with E-state index in [0.29, 0.717) is 42.3 Å². The van der Waals surface area contributed by atoms with Crippen molar-refractivity contribution in [2.24, 2.45) is 0 Å². The van der Waals surface area contributed by atoms with Gasteiger partial charge in [-0.25, -0.2) is 4.98 Å². The molecule has 6 heteroatoms. The van der Waals surface area contributed by atoms with Gasteiger partial charge in [0.05, 0.1) is 5.69 Å². The van der Waals surface area contributed by atoms with Crippen LogP contribution in [0.25, 0.3) is 0 Å². The van der Waals surface area contributed by atoms with Gasteiger partial charge in [0.1, 0.15) is 5.56 Å². The molecule has 2 aromatic carbocycles. The third-order valence-electron chi connectivity index (χ3n) is 5.57. The van der Waals surface area contributed by atoms with Crippen LogP contribution in [0.5, 0.6) is 11.6 Å². The van der Waals surface area contributed by atoms with Gasteiger partial charge in [0.2, 0.25) is 11.8 Å². The van der Waals surface area contributed by atoms with Gasteiger partial charge in [0.25, 0.3) is 5.91 Å². The standard InChI is InChI=1S/C24H21N3O3/c28-22(26-16-13-17-7-1-2-9-19(17)26)12-6-15-27-20-10-3-4-11-21(20)30-23-18(24(27)29)8-5-14-25-23/h1-5,7-11,14H,6,12-13,15-16H2. The van der Waals surface area contributed by atoms with Crippen LogP contribution >= 0.6 is 0 Å². The van der Waals surface area contributed by atoms with E-state index in [9.17, 15) is 9.59 Å². The first-order valence-electron chi connectivity index (χ1n) is 10.1. The number of carbonyl (C=O) groups excluding carboxylic acids is 2. The van der Waals surface area contributed by atoms with Crippen LogP contribution in [0.4, 0.5) is 11.4 Å². The lowest BCUT2D eigenvalue weighted by Crippen LogP contribution is -2.33. The molecule has 0 bridgehead atoms. The third-order valence-corrected chi connectivity index (χ3v) is 5.57. The lowest BCUT2D eigenvalue weighted by Gasteiger charge is -2.23. The number of amides is 2. The van der Waals surface area contributed by atoms with Crippen LogP contribution < -0.4 is 14.5 Å². The number of pyridine rings is 1. The number of fused-ring (bicyclic) bond motifs is 3. The first-order chi connectivity index (χ1) is 14.7. The molecule has 0 spiro atoms. The molecule has 0 saturated heterocycles. The highest BCUT2D eigenvalue weighted by Crippen LogP contribution is 2.37. The minimum absolute atomic E-state index is 0.0915. The summed E-state index contributed by atoms with van der Waals surface area (Å²) in [5, 5.41) is 0. The molecule has 3 aromatic rings. The molecule has 0 atom stereocenters. The number of para-hydroxylation sites is 3. The Morgan fingerprint density at radius 3 is 2.70 bits per heavy atom. The van der Waals surface area contributed by atoms with Crippen LogP contribution in [0, 0.1) is 0 Å². The Morgan fingerprint density at radius 1 is 1.00 bits per heavy atom. The summed E-state index contributed by atoms with van der Waals surface area (Å²) in [7, 11) is 0. The zero-order valence-corrected chi connectivity index (χ0v) is 16.5. The van der Waals surface area contributed by atoms with Gasteiger partial charge < -0.3 is 14.5 Å². The van der Waals surface area contributed by atoms with Crippen molar-refractivity contribution in [2.45, 2.75) is 19.3 Å². The van der Waals surface area contributed by atoms with Crippen molar-refractivity contribution < 1.29 is 14.3 Å². The van der Waals surface area contributed by atoms with E-state index in [1.165, 1.54) is 5.56 Å². The molecule has 3 heterocycles. The average Bonchev–Trinajstić information content (AvgIpc) is 3.17. The molecule has 5 rings (SSSR count). The topological polar surface area (TPSA) is 62.7 Å². The summed E-state index contributed by atoms with van der Waals surface area (Å²) in [5.41, 5.74) is 3.34. The van der Waals surface area contributed by atoms with Gasteiger partial charge in [0, 0.05) is 31.4 Å². The average molecular weight is 399 g/mol. The van der Waals surface area contributed by atoms with Crippen molar-refractivity contribution in [1.82, 2.24) is 4.98 Å². The van der Waals surface area contributed by atoms with Crippen LogP contribution in [-0.4, -0.2) is 29.9 Å². The van der Waals surface area contributed by atoms with Crippen LogP contribution in [0.15, 0.2) is 66.9 Å². The molecule has 0 N–H and O–H groups in total. The molecule has 2 aliphatic rings. The van der Waals surface area contributed by atoms with E-state index in [1.54, 1.807) is 23.2 Å². The summed E-state index contributed by atoms with van der Waals surface area (Å²) in [4.78, 5) is 33.8. The Morgan fingerprint density at radius 2 is 1.80 bits per heavy atom. The van der Waals surface area contributed by atoms with Gasteiger partial charge in [-0.1, -0.05) is 30.3 Å². The fourth-order valence-corrected chi connectivity index (χ4v) is 4.10. The second-order valence-corrected chi connectivity index (χ2v) is 7.41. The summed E-state index contributed by atoms with van der Waals surface area (Å²) >= 11 is 0.